The number of morpholine rings is 1. The van der Waals surface area contributed by atoms with Gasteiger partial charge in [-0.2, -0.15) is 0 Å². The second-order valence-corrected chi connectivity index (χ2v) is 5.21. The summed E-state index contributed by atoms with van der Waals surface area (Å²) in [6.45, 7) is 4.60. The van der Waals surface area contributed by atoms with Gasteiger partial charge in [-0.1, -0.05) is 26.1 Å². The molecule has 1 unspecified atom stereocenters. The number of carbonyl (C=O) groups excluding carboxylic acids is 2. The lowest BCUT2D eigenvalue weighted by atomic mass is 9.80. The van der Waals surface area contributed by atoms with Crippen LogP contribution in [0.3, 0.4) is 0 Å². The summed E-state index contributed by atoms with van der Waals surface area (Å²) < 4.78 is 10.0. The molecule has 1 aliphatic rings. The number of carbonyl (C=O) groups is 2. The number of rotatable bonds is 5. The summed E-state index contributed by atoms with van der Waals surface area (Å²) in [4.78, 5) is 26.3. The maximum atomic E-state index is 12.8. The van der Waals surface area contributed by atoms with Gasteiger partial charge in [0.15, 0.2) is 6.04 Å². The van der Waals surface area contributed by atoms with E-state index >= 15 is 0 Å². The van der Waals surface area contributed by atoms with Crippen molar-refractivity contribution < 1.29 is 19.1 Å². The second-order valence-electron chi connectivity index (χ2n) is 4.77. The molecule has 1 rings (SSSR count). The van der Waals surface area contributed by atoms with Crippen LogP contribution in [0.1, 0.15) is 26.7 Å². The summed E-state index contributed by atoms with van der Waals surface area (Å²) in [6.07, 6.45) is 1.01. The molecule has 0 radical (unpaired) electrons. The molecule has 1 amide bonds. The Bertz CT molecular complexity index is 396. The third-order valence-electron chi connectivity index (χ3n) is 3.95. The molecule has 0 aromatic heterocycles. The van der Waals surface area contributed by atoms with Crippen LogP contribution in [0, 0.1) is 5.41 Å². The van der Waals surface area contributed by atoms with Crippen LogP contribution in [0.5, 0.6) is 0 Å². The Morgan fingerprint density at radius 3 is 2.50 bits per heavy atom. The molecule has 2 N–H and O–H groups in total. The molecule has 0 bridgehead atoms. The van der Waals surface area contributed by atoms with Crippen molar-refractivity contribution in [1.82, 2.24) is 4.90 Å². The van der Waals surface area contributed by atoms with Crippen molar-refractivity contribution in [3.05, 3.63) is 0 Å². The number of nitrogens with zero attached hydrogens (tertiary/aromatic N) is 1. The largest absolute Gasteiger partial charge is 0.467 e. The van der Waals surface area contributed by atoms with Crippen LogP contribution in [0.4, 0.5) is 0 Å². The first-order valence-corrected chi connectivity index (χ1v) is 7.12. The van der Waals surface area contributed by atoms with E-state index in [0.717, 1.165) is 0 Å². The fourth-order valence-electron chi connectivity index (χ4n) is 2.46. The third-order valence-corrected chi connectivity index (χ3v) is 4.34. The van der Waals surface area contributed by atoms with Crippen LogP contribution in [-0.2, 0) is 19.1 Å². The normalized spacial score (nSPS) is 19.6. The first-order valence-electron chi connectivity index (χ1n) is 6.71. The predicted octanol–water partition coefficient (Wildman–Crippen LogP) is 0.479. The van der Waals surface area contributed by atoms with E-state index in [2.05, 4.69) is 0 Å². The average molecular weight is 302 g/mol. The Morgan fingerprint density at radius 2 is 2.05 bits per heavy atom. The molecule has 0 saturated carbocycles. The molecule has 1 aliphatic heterocycles. The highest BCUT2D eigenvalue weighted by Crippen LogP contribution is 2.31. The molecule has 114 valence electrons. The number of amides is 1. The maximum absolute atomic E-state index is 12.8. The summed E-state index contributed by atoms with van der Waals surface area (Å²) in [7, 11) is 1.29. The van der Waals surface area contributed by atoms with Gasteiger partial charge in [-0.3, -0.25) is 4.79 Å². The van der Waals surface area contributed by atoms with Crippen LogP contribution < -0.4 is 5.73 Å². The van der Waals surface area contributed by atoms with Crippen LogP contribution in [-0.4, -0.2) is 54.7 Å². The Hall–Kier alpha value is -1.21. The van der Waals surface area contributed by atoms with Crippen molar-refractivity contribution in [3.63, 3.8) is 0 Å². The summed E-state index contributed by atoms with van der Waals surface area (Å²) in [6, 6.07) is -0.729. The highest BCUT2D eigenvalue weighted by molar-refractivity contribution is 7.80. The zero-order valence-electron chi connectivity index (χ0n) is 12.2. The van der Waals surface area contributed by atoms with E-state index in [1.165, 1.54) is 12.0 Å². The van der Waals surface area contributed by atoms with Gasteiger partial charge in [-0.15, -0.1) is 0 Å². The van der Waals surface area contributed by atoms with Gasteiger partial charge < -0.3 is 20.1 Å². The van der Waals surface area contributed by atoms with Crippen LogP contribution in [0.15, 0.2) is 0 Å². The zero-order valence-corrected chi connectivity index (χ0v) is 13.0. The molecule has 0 aromatic carbocycles. The Morgan fingerprint density at radius 1 is 1.45 bits per heavy atom. The lowest BCUT2D eigenvalue weighted by Gasteiger charge is -2.40. The van der Waals surface area contributed by atoms with Gasteiger partial charge in [0.2, 0.25) is 5.91 Å². The number of hydrogen-bond acceptors (Lipinski definition) is 5. The van der Waals surface area contributed by atoms with Gasteiger partial charge in [-0.25, -0.2) is 4.79 Å². The first kappa shape index (κ1) is 16.8. The van der Waals surface area contributed by atoms with E-state index in [0.29, 0.717) is 26.0 Å². The molecule has 1 saturated heterocycles. The summed E-state index contributed by atoms with van der Waals surface area (Å²) in [5, 5.41) is 0. The van der Waals surface area contributed by atoms with Gasteiger partial charge in [0.1, 0.15) is 0 Å². The van der Waals surface area contributed by atoms with Crippen LogP contribution >= 0.6 is 12.2 Å². The Balaban J connectivity index is 3.08. The van der Waals surface area contributed by atoms with E-state index in [4.69, 9.17) is 27.4 Å². The van der Waals surface area contributed by atoms with E-state index in [1.54, 1.807) is 0 Å². The fraction of sp³-hybridized carbons (Fsp3) is 0.769. The van der Waals surface area contributed by atoms with Gasteiger partial charge in [0.25, 0.3) is 0 Å². The number of methoxy groups -OCH3 is 1. The van der Waals surface area contributed by atoms with Crippen molar-refractivity contribution in [1.29, 1.82) is 0 Å². The van der Waals surface area contributed by atoms with E-state index in [-0.39, 0.29) is 17.5 Å². The first-order chi connectivity index (χ1) is 9.44. The summed E-state index contributed by atoms with van der Waals surface area (Å²) >= 11 is 5.09. The molecular formula is C13H22N2O4S. The standard InChI is InChI=1S/C13H22N2O4S/c1-4-13(5-2,11(14)20)12(17)15-6-7-19-8-9(15)10(16)18-3/h9H,4-8H2,1-3H3,(H2,14,20). The van der Waals surface area contributed by atoms with Crippen LogP contribution in [0.2, 0.25) is 0 Å². The van der Waals surface area contributed by atoms with Crippen molar-refractivity contribution in [2.24, 2.45) is 11.1 Å². The minimum atomic E-state index is -0.904. The molecule has 0 aliphatic carbocycles. The topological polar surface area (TPSA) is 81.9 Å². The van der Waals surface area contributed by atoms with E-state index in [9.17, 15) is 9.59 Å². The fourth-order valence-corrected chi connectivity index (χ4v) is 2.84. The van der Waals surface area contributed by atoms with E-state index in [1.807, 2.05) is 13.8 Å². The third kappa shape index (κ3) is 2.93. The monoisotopic (exact) mass is 302 g/mol. The van der Waals surface area contributed by atoms with Gasteiger partial charge >= 0.3 is 5.97 Å². The number of ether oxygens (including phenoxy) is 2. The lowest BCUT2D eigenvalue weighted by molar-refractivity contribution is -0.164. The minimum Gasteiger partial charge on any atom is -0.467 e. The lowest BCUT2D eigenvalue weighted by Crippen LogP contribution is -2.59. The van der Waals surface area contributed by atoms with Crippen molar-refractivity contribution in [2.45, 2.75) is 32.7 Å². The van der Waals surface area contributed by atoms with Crippen molar-refractivity contribution >= 4 is 29.1 Å². The van der Waals surface area contributed by atoms with Gasteiger partial charge in [0.05, 0.1) is 30.7 Å². The molecule has 0 spiro atoms. The molecule has 6 nitrogen and oxygen atoms in total. The highest BCUT2D eigenvalue weighted by Gasteiger charge is 2.45. The molecule has 7 heteroatoms. The average Bonchev–Trinajstić information content (AvgIpc) is 2.47. The Labute approximate surface area is 124 Å². The number of nitrogens with two attached hydrogens (primary N) is 1. The number of hydrogen-bond donors (Lipinski definition) is 1. The molecule has 1 heterocycles. The quantitative estimate of drug-likeness (QED) is 0.587. The van der Waals surface area contributed by atoms with Gasteiger partial charge in [-0.05, 0) is 12.8 Å². The predicted molar refractivity (Wildman–Crippen MR) is 78.1 cm³/mol. The molecule has 0 aromatic rings. The summed E-state index contributed by atoms with van der Waals surface area (Å²) in [5.41, 5.74) is 4.89. The van der Waals surface area contributed by atoms with Crippen LogP contribution in [0.25, 0.3) is 0 Å². The SMILES string of the molecule is CCC(CC)(C(=O)N1CCOCC1C(=O)OC)C(N)=S. The molecule has 1 fully saturated rings. The van der Waals surface area contributed by atoms with Crippen molar-refractivity contribution in [3.8, 4) is 0 Å². The highest BCUT2D eigenvalue weighted by atomic mass is 32.1. The molecular weight excluding hydrogens is 280 g/mol. The number of thiocarbonyl (C=S) groups is 1. The number of esters is 1. The smallest absolute Gasteiger partial charge is 0.331 e. The minimum absolute atomic E-state index is 0.138. The maximum Gasteiger partial charge on any atom is 0.331 e. The summed E-state index contributed by atoms with van der Waals surface area (Å²) in [5.74, 6) is -0.698. The zero-order chi connectivity index (χ0) is 15.3. The second kappa shape index (κ2) is 6.99. The molecule has 1 atom stereocenters. The van der Waals surface area contributed by atoms with Gasteiger partial charge in [0, 0.05) is 6.54 Å². The van der Waals surface area contributed by atoms with E-state index < -0.39 is 17.4 Å². The molecule has 20 heavy (non-hydrogen) atoms. The van der Waals surface area contributed by atoms with Crippen molar-refractivity contribution in [2.75, 3.05) is 26.9 Å². The Kier molecular flexibility index (Phi) is 5.88.